The maximum absolute atomic E-state index is 12.0. The number of aliphatic hydroxyl groups is 1. The molecule has 1 rings (SSSR count). The number of nitrogens with zero attached hydrogens (tertiary/aromatic N) is 1. The second-order valence-corrected chi connectivity index (χ2v) is 6.36. The van der Waals surface area contributed by atoms with Gasteiger partial charge in [0.25, 0.3) is 5.69 Å². The third-order valence-corrected chi connectivity index (χ3v) is 4.40. The van der Waals surface area contributed by atoms with Gasteiger partial charge in [0.1, 0.15) is 0 Å². The number of benzene rings is 1. The first-order valence-electron chi connectivity index (χ1n) is 5.37. The molecule has 0 saturated carbocycles. The fourth-order valence-corrected chi connectivity index (χ4v) is 3.12. The van der Waals surface area contributed by atoms with Crippen molar-refractivity contribution in [2.24, 2.45) is 0 Å². The molecule has 0 aliphatic carbocycles. The zero-order valence-corrected chi connectivity index (χ0v) is 12.2. The summed E-state index contributed by atoms with van der Waals surface area (Å²) < 4.78 is 25.9. The second kappa shape index (κ2) is 5.93. The van der Waals surface area contributed by atoms with Crippen molar-refractivity contribution >= 4 is 33.3 Å². The fourth-order valence-electron chi connectivity index (χ4n) is 1.29. The molecule has 0 aliphatic rings. The Balaban J connectivity index is 3.21. The highest BCUT2D eigenvalue weighted by atomic mass is 35.5. The molecule has 116 valence electrons. The van der Waals surface area contributed by atoms with Crippen LogP contribution in [0.2, 0.25) is 5.02 Å². The van der Waals surface area contributed by atoms with Gasteiger partial charge in [-0.25, -0.2) is 17.9 Å². The van der Waals surface area contributed by atoms with Gasteiger partial charge in [-0.05, 0) is 13.0 Å². The van der Waals surface area contributed by atoms with Crippen molar-refractivity contribution in [2.45, 2.75) is 17.4 Å². The van der Waals surface area contributed by atoms with Crippen LogP contribution in [0.15, 0.2) is 23.1 Å². The van der Waals surface area contributed by atoms with Crippen molar-refractivity contribution in [3.8, 4) is 0 Å². The monoisotopic (exact) mass is 338 g/mol. The SMILES string of the molecule is CC(O)(CNS(=O)(=O)c1c(Cl)cccc1[N+](=O)[O-])C(=O)O. The van der Waals surface area contributed by atoms with Gasteiger partial charge >= 0.3 is 5.97 Å². The van der Waals surface area contributed by atoms with Crippen LogP contribution in [-0.2, 0) is 14.8 Å². The van der Waals surface area contributed by atoms with Gasteiger partial charge in [-0.2, -0.15) is 0 Å². The van der Waals surface area contributed by atoms with Crippen LogP contribution >= 0.6 is 11.6 Å². The van der Waals surface area contributed by atoms with Gasteiger partial charge in [-0.1, -0.05) is 17.7 Å². The molecule has 0 aromatic heterocycles. The molecule has 0 bridgehead atoms. The predicted octanol–water partition coefficient (Wildman–Crippen LogP) is 0.362. The van der Waals surface area contributed by atoms with E-state index in [4.69, 9.17) is 16.7 Å². The van der Waals surface area contributed by atoms with E-state index in [2.05, 4.69) is 0 Å². The standard InChI is InChI=1S/C10H11ClN2O7S/c1-10(16,9(14)15)5-12-21(19,20)8-6(11)3-2-4-7(8)13(17)18/h2-4,12,16H,5H2,1H3,(H,14,15). The van der Waals surface area contributed by atoms with Crippen molar-refractivity contribution < 1.29 is 28.3 Å². The van der Waals surface area contributed by atoms with Crippen LogP contribution in [-0.4, -0.2) is 41.7 Å². The Labute approximate surface area is 124 Å². The number of nitro groups is 1. The lowest BCUT2D eigenvalue weighted by molar-refractivity contribution is -0.387. The average Bonchev–Trinajstić information content (AvgIpc) is 2.35. The zero-order valence-electron chi connectivity index (χ0n) is 10.6. The van der Waals surface area contributed by atoms with Crippen molar-refractivity contribution in [3.63, 3.8) is 0 Å². The molecule has 0 spiro atoms. The second-order valence-electron chi connectivity index (χ2n) is 4.25. The molecule has 9 nitrogen and oxygen atoms in total. The first kappa shape index (κ1) is 17.3. The van der Waals surface area contributed by atoms with Crippen molar-refractivity contribution in [1.82, 2.24) is 4.72 Å². The molecule has 21 heavy (non-hydrogen) atoms. The number of aliphatic carboxylic acids is 1. The van der Waals surface area contributed by atoms with E-state index in [1.165, 1.54) is 6.07 Å². The lowest BCUT2D eigenvalue weighted by Gasteiger charge is -2.18. The molecule has 11 heteroatoms. The van der Waals surface area contributed by atoms with E-state index in [1.807, 2.05) is 0 Å². The summed E-state index contributed by atoms with van der Waals surface area (Å²) in [6, 6.07) is 3.28. The quantitative estimate of drug-likeness (QED) is 0.501. The summed E-state index contributed by atoms with van der Waals surface area (Å²) in [5.41, 5.74) is -3.13. The Hall–Kier alpha value is -1.75. The van der Waals surface area contributed by atoms with E-state index in [9.17, 15) is 28.4 Å². The molecule has 0 aliphatic heterocycles. The molecule has 3 N–H and O–H groups in total. The zero-order chi connectivity index (χ0) is 16.4. The van der Waals surface area contributed by atoms with Crippen LogP contribution in [0.3, 0.4) is 0 Å². The van der Waals surface area contributed by atoms with Crippen LogP contribution in [0.5, 0.6) is 0 Å². The van der Waals surface area contributed by atoms with Gasteiger partial charge in [0.2, 0.25) is 10.0 Å². The number of carboxylic acid groups (broad SMARTS) is 1. The van der Waals surface area contributed by atoms with Crippen molar-refractivity contribution in [2.75, 3.05) is 6.54 Å². The van der Waals surface area contributed by atoms with Crippen LogP contribution in [0.4, 0.5) is 5.69 Å². The van der Waals surface area contributed by atoms with Crippen molar-refractivity contribution in [3.05, 3.63) is 33.3 Å². The first-order chi connectivity index (χ1) is 9.49. The molecule has 1 aromatic carbocycles. The fraction of sp³-hybridized carbons (Fsp3) is 0.300. The van der Waals surface area contributed by atoms with Crippen LogP contribution in [0, 0.1) is 10.1 Å². The molecular weight excluding hydrogens is 328 g/mol. The largest absolute Gasteiger partial charge is 0.479 e. The highest BCUT2D eigenvalue weighted by molar-refractivity contribution is 7.89. The maximum atomic E-state index is 12.0. The van der Waals surface area contributed by atoms with E-state index in [1.54, 1.807) is 4.72 Å². The first-order valence-corrected chi connectivity index (χ1v) is 7.23. The van der Waals surface area contributed by atoms with E-state index < -0.39 is 48.7 Å². The smallest absolute Gasteiger partial charge is 0.336 e. The number of carbonyl (C=O) groups is 1. The highest BCUT2D eigenvalue weighted by Crippen LogP contribution is 2.30. The van der Waals surface area contributed by atoms with Gasteiger partial charge in [0.05, 0.1) is 16.5 Å². The Kier molecular flexibility index (Phi) is 4.89. The summed E-state index contributed by atoms with van der Waals surface area (Å²) in [5.74, 6) is -1.65. The van der Waals surface area contributed by atoms with E-state index in [0.717, 1.165) is 19.1 Å². The summed E-state index contributed by atoms with van der Waals surface area (Å²) in [6.45, 7) is -0.00803. The summed E-state index contributed by atoms with van der Waals surface area (Å²) in [4.78, 5) is 19.8. The minimum absolute atomic E-state index is 0.397. The summed E-state index contributed by atoms with van der Waals surface area (Å²) in [5, 5.41) is 28.6. The number of carboxylic acids is 1. The molecule has 0 radical (unpaired) electrons. The number of halogens is 1. The van der Waals surface area contributed by atoms with Gasteiger partial charge in [0.15, 0.2) is 10.5 Å². The normalized spacial score (nSPS) is 14.4. The number of sulfonamides is 1. The van der Waals surface area contributed by atoms with Gasteiger partial charge in [-0.15, -0.1) is 0 Å². The number of nitrogens with one attached hydrogen (secondary N) is 1. The summed E-state index contributed by atoms with van der Waals surface area (Å²) in [6.07, 6.45) is 0. The van der Waals surface area contributed by atoms with Gasteiger partial charge in [0, 0.05) is 6.07 Å². The molecule has 0 heterocycles. The molecule has 1 aromatic rings. The summed E-state index contributed by atoms with van der Waals surface area (Å²) >= 11 is 5.67. The topological polar surface area (TPSA) is 147 Å². The van der Waals surface area contributed by atoms with Gasteiger partial charge in [-0.3, -0.25) is 10.1 Å². The lowest BCUT2D eigenvalue weighted by atomic mass is 10.1. The lowest BCUT2D eigenvalue weighted by Crippen LogP contribution is -2.46. The number of nitro benzene ring substituents is 1. The van der Waals surface area contributed by atoms with Gasteiger partial charge < -0.3 is 10.2 Å². The van der Waals surface area contributed by atoms with Crippen LogP contribution < -0.4 is 4.72 Å². The Morgan fingerprint density at radius 3 is 2.57 bits per heavy atom. The third kappa shape index (κ3) is 3.88. The van der Waals surface area contributed by atoms with E-state index in [-0.39, 0.29) is 0 Å². The molecule has 0 amide bonds. The van der Waals surface area contributed by atoms with E-state index in [0.29, 0.717) is 0 Å². The summed E-state index contributed by atoms with van der Waals surface area (Å²) in [7, 11) is -4.48. The Bertz CT molecular complexity index is 687. The Morgan fingerprint density at radius 1 is 1.52 bits per heavy atom. The number of hydrogen-bond acceptors (Lipinski definition) is 6. The maximum Gasteiger partial charge on any atom is 0.336 e. The molecule has 0 saturated heterocycles. The number of hydrogen-bond donors (Lipinski definition) is 3. The average molecular weight is 339 g/mol. The van der Waals surface area contributed by atoms with Crippen LogP contribution in [0.25, 0.3) is 0 Å². The molecule has 1 atom stereocenters. The minimum atomic E-state index is -4.48. The Morgan fingerprint density at radius 2 is 2.10 bits per heavy atom. The predicted molar refractivity (Wildman–Crippen MR) is 71.6 cm³/mol. The van der Waals surface area contributed by atoms with Crippen molar-refractivity contribution in [1.29, 1.82) is 0 Å². The molecule has 1 unspecified atom stereocenters. The third-order valence-electron chi connectivity index (χ3n) is 2.48. The van der Waals surface area contributed by atoms with E-state index >= 15 is 0 Å². The minimum Gasteiger partial charge on any atom is -0.479 e. The van der Waals surface area contributed by atoms with Crippen LogP contribution in [0.1, 0.15) is 6.92 Å². The molecule has 0 fully saturated rings. The number of rotatable bonds is 6. The molecular formula is C10H11ClN2O7S. The highest BCUT2D eigenvalue weighted by Gasteiger charge is 2.34.